The van der Waals surface area contributed by atoms with Crippen LogP contribution < -0.4 is 14.2 Å². The second-order valence-electron chi connectivity index (χ2n) is 7.32. The summed E-state index contributed by atoms with van der Waals surface area (Å²) in [7, 11) is 3.26. The molecule has 0 saturated heterocycles. The van der Waals surface area contributed by atoms with Crippen LogP contribution in [-0.4, -0.2) is 49.1 Å². The number of ether oxygens (including phenoxy) is 3. The summed E-state index contributed by atoms with van der Waals surface area (Å²) in [5.41, 5.74) is 4.84. The largest absolute Gasteiger partial charge is 0.504 e. The minimum Gasteiger partial charge on any atom is -0.504 e. The van der Waals surface area contributed by atoms with Crippen LogP contribution >= 0.6 is 0 Å². The molecule has 1 unspecified atom stereocenters. The summed E-state index contributed by atoms with van der Waals surface area (Å²) in [4.78, 5) is 2.44. The van der Waals surface area contributed by atoms with Gasteiger partial charge in [-0.1, -0.05) is 6.07 Å². The summed E-state index contributed by atoms with van der Waals surface area (Å²) < 4.78 is 16.8. The summed E-state index contributed by atoms with van der Waals surface area (Å²) >= 11 is 0. The molecular formula is C22H27NO5. The molecule has 0 fully saturated rings. The van der Waals surface area contributed by atoms with E-state index in [1.165, 1.54) is 22.3 Å². The van der Waals surface area contributed by atoms with Gasteiger partial charge in [-0.05, 0) is 47.7 Å². The molecule has 0 spiro atoms. The number of hydrogen-bond acceptors (Lipinski definition) is 6. The predicted octanol–water partition coefficient (Wildman–Crippen LogP) is 2.83. The zero-order valence-corrected chi connectivity index (χ0v) is 16.4. The van der Waals surface area contributed by atoms with Gasteiger partial charge in [0.15, 0.2) is 23.0 Å². The van der Waals surface area contributed by atoms with Crippen LogP contribution in [-0.2, 0) is 19.4 Å². The first kappa shape index (κ1) is 18.9. The SMILES string of the molecule is COc1cc2c(cc1O)C1Cc3ccc(OCCCO)c(OC)c3CN1CC2. The number of nitrogens with zero attached hydrogens (tertiary/aromatic N) is 1. The van der Waals surface area contributed by atoms with Gasteiger partial charge in [0, 0.05) is 37.7 Å². The van der Waals surface area contributed by atoms with Crippen molar-refractivity contribution in [3.05, 3.63) is 46.5 Å². The van der Waals surface area contributed by atoms with Gasteiger partial charge in [0.2, 0.25) is 0 Å². The number of phenols is 1. The Morgan fingerprint density at radius 1 is 1.11 bits per heavy atom. The van der Waals surface area contributed by atoms with Gasteiger partial charge in [-0.25, -0.2) is 0 Å². The van der Waals surface area contributed by atoms with Crippen molar-refractivity contribution < 1.29 is 24.4 Å². The van der Waals surface area contributed by atoms with Gasteiger partial charge in [-0.3, -0.25) is 4.90 Å². The number of hydrogen-bond donors (Lipinski definition) is 2. The molecule has 1 atom stereocenters. The molecular weight excluding hydrogens is 358 g/mol. The van der Waals surface area contributed by atoms with Gasteiger partial charge >= 0.3 is 0 Å². The Hall–Kier alpha value is -2.44. The maximum atomic E-state index is 10.3. The molecule has 6 heteroatoms. The van der Waals surface area contributed by atoms with Gasteiger partial charge < -0.3 is 24.4 Å². The maximum Gasteiger partial charge on any atom is 0.165 e. The number of aliphatic hydroxyl groups excluding tert-OH is 1. The lowest BCUT2D eigenvalue weighted by Crippen LogP contribution is -2.39. The Morgan fingerprint density at radius 3 is 2.71 bits per heavy atom. The molecule has 2 heterocycles. The van der Waals surface area contributed by atoms with Crippen molar-refractivity contribution in [3.63, 3.8) is 0 Å². The molecule has 0 amide bonds. The lowest BCUT2D eigenvalue weighted by atomic mass is 9.83. The number of aliphatic hydroxyl groups is 1. The van der Waals surface area contributed by atoms with E-state index in [9.17, 15) is 5.11 Å². The highest BCUT2D eigenvalue weighted by Gasteiger charge is 2.34. The molecule has 2 aliphatic heterocycles. The molecule has 2 aromatic rings. The van der Waals surface area contributed by atoms with Crippen molar-refractivity contribution >= 4 is 0 Å². The second kappa shape index (κ2) is 7.89. The Kier molecular flexibility index (Phi) is 5.33. The van der Waals surface area contributed by atoms with E-state index < -0.39 is 0 Å². The van der Waals surface area contributed by atoms with E-state index in [-0.39, 0.29) is 18.4 Å². The molecule has 2 N–H and O–H groups in total. The lowest BCUT2D eigenvalue weighted by Gasteiger charge is -2.42. The first-order valence-electron chi connectivity index (χ1n) is 9.72. The molecule has 28 heavy (non-hydrogen) atoms. The lowest BCUT2D eigenvalue weighted by molar-refractivity contribution is 0.156. The topological polar surface area (TPSA) is 71.4 Å². The molecule has 0 aromatic heterocycles. The van der Waals surface area contributed by atoms with Crippen molar-refractivity contribution in [2.75, 3.05) is 34.0 Å². The minimum atomic E-state index is 0.111. The van der Waals surface area contributed by atoms with Gasteiger partial charge in [0.25, 0.3) is 0 Å². The van der Waals surface area contributed by atoms with E-state index in [0.717, 1.165) is 37.4 Å². The third-order valence-corrected chi connectivity index (χ3v) is 5.77. The maximum absolute atomic E-state index is 10.3. The Bertz CT molecular complexity index is 866. The molecule has 2 aromatic carbocycles. The number of benzene rings is 2. The zero-order valence-electron chi connectivity index (χ0n) is 16.4. The van der Waals surface area contributed by atoms with E-state index >= 15 is 0 Å². The number of fused-ring (bicyclic) bond motifs is 4. The van der Waals surface area contributed by atoms with Crippen LogP contribution in [0.2, 0.25) is 0 Å². The first-order valence-corrected chi connectivity index (χ1v) is 9.72. The van der Waals surface area contributed by atoms with E-state index in [0.29, 0.717) is 18.8 Å². The normalized spacial score (nSPS) is 18.0. The fourth-order valence-corrected chi connectivity index (χ4v) is 4.37. The average molecular weight is 385 g/mol. The Labute approximate surface area is 165 Å². The molecule has 0 bridgehead atoms. The van der Waals surface area contributed by atoms with Crippen molar-refractivity contribution in [2.45, 2.75) is 31.8 Å². The van der Waals surface area contributed by atoms with Gasteiger partial charge in [-0.15, -0.1) is 0 Å². The van der Waals surface area contributed by atoms with Crippen molar-refractivity contribution in [2.24, 2.45) is 0 Å². The van der Waals surface area contributed by atoms with Crippen LogP contribution in [0.5, 0.6) is 23.0 Å². The molecule has 150 valence electrons. The zero-order chi connectivity index (χ0) is 19.7. The molecule has 0 saturated carbocycles. The number of methoxy groups -OCH3 is 2. The van der Waals surface area contributed by atoms with Gasteiger partial charge in [0.05, 0.1) is 20.8 Å². The summed E-state index contributed by atoms with van der Waals surface area (Å²) in [5, 5.41) is 19.3. The fourth-order valence-electron chi connectivity index (χ4n) is 4.37. The van der Waals surface area contributed by atoms with Crippen LogP contribution in [0.1, 0.15) is 34.7 Å². The van der Waals surface area contributed by atoms with E-state index in [1.807, 2.05) is 18.2 Å². The number of aromatic hydroxyl groups is 1. The highest BCUT2D eigenvalue weighted by Crippen LogP contribution is 2.45. The second-order valence-corrected chi connectivity index (χ2v) is 7.32. The van der Waals surface area contributed by atoms with Crippen LogP contribution in [0.25, 0.3) is 0 Å². The quantitative estimate of drug-likeness (QED) is 0.745. The summed E-state index contributed by atoms with van der Waals surface area (Å²) in [5.74, 6) is 2.25. The van der Waals surface area contributed by atoms with Crippen LogP contribution in [0.3, 0.4) is 0 Å². The summed E-state index contributed by atoms with van der Waals surface area (Å²) in [6, 6.07) is 8.13. The highest BCUT2D eigenvalue weighted by molar-refractivity contribution is 5.54. The van der Waals surface area contributed by atoms with Crippen molar-refractivity contribution in [3.8, 4) is 23.0 Å². The van der Waals surface area contributed by atoms with Crippen molar-refractivity contribution in [1.29, 1.82) is 0 Å². The van der Waals surface area contributed by atoms with E-state index in [2.05, 4.69) is 11.0 Å². The third-order valence-electron chi connectivity index (χ3n) is 5.77. The standard InChI is InChI=1S/C22H27NO5/c1-26-21-11-15-6-7-23-13-17-14(10-18(23)16(15)12-19(21)25)4-5-20(22(17)27-2)28-9-3-8-24/h4-5,11-12,18,24-25H,3,6-10,13H2,1-2H3. The molecule has 6 nitrogen and oxygen atoms in total. The molecule has 0 radical (unpaired) electrons. The van der Waals surface area contributed by atoms with Crippen LogP contribution in [0.15, 0.2) is 24.3 Å². The Morgan fingerprint density at radius 2 is 1.96 bits per heavy atom. The van der Waals surface area contributed by atoms with Crippen LogP contribution in [0.4, 0.5) is 0 Å². The summed E-state index contributed by atoms with van der Waals surface area (Å²) in [6.45, 7) is 2.31. The van der Waals surface area contributed by atoms with Gasteiger partial charge in [-0.2, -0.15) is 0 Å². The molecule has 4 rings (SSSR count). The van der Waals surface area contributed by atoms with Crippen LogP contribution in [0, 0.1) is 0 Å². The fraction of sp³-hybridized carbons (Fsp3) is 0.455. The monoisotopic (exact) mass is 385 g/mol. The predicted molar refractivity (Wildman–Crippen MR) is 105 cm³/mol. The summed E-state index contributed by atoms with van der Waals surface area (Å²) in [6.07, 6.45) is 2.38. The van der Waals surface area contributed by atoms with Crippen molar-refractivity contribution in [1.82, 2.24) is 4.90 Å². The minimum absolute atomic E-state index is 0.111. The smallest absolute Gasteiger partial charge is 0.165 e. The highest BCUT2D eigenvalue weighted by atomic mass is 16.5. The average Bonchev–Trinajstić information content (AvgIpc) is 2.72. The van der Waals surface area contributed by atoms with Gasteiger partial charge in [0.1, 0.15) is 0 Å². The van der Waals surface area contributed by atoms with E-state index in [1.54, 1.807) is 14.2 Å². The van der Waals surface area contributed by atoms with E-state index in [4.69, 9.17) is 19.3 Å². The molecule has 0 aliphatic carbocycles. The number of phenolic OH excluding ortho intramolecular Hbond substituents is 1. The third kappa shape index (κ3) is 3.27. The molecule has 2 aliphatic rings. The Balaban J connectivity index is 1.66. The number of rotatable bonds is 6. The first-order chi connectivity index (χ1) is 13.7.